The van der Waals surface area contributed by atoms with Crippen molar-refractivity contribution in [3.63, 3.8) is 0 Å². The summed E-state index contributed by atoms with van der Waals surface area (Å²) in [5, 5.41) is 28.8. The maximum Gasteiger partial charge on any atom is 0.201 e. The standard InChI is InChI=1S/C18H20F2O2.C18H18F2O2/c2*1-3-12-5-8-13(9-6-12)15-10-14(7-4-11(2)21)18(22)17(20)16(15)19/h5-6,8-11,21-22H,3-4,7H2,1-2H3;5-6,8-10,22H,3-4,7H2,1-2H3. The average Bonchev–Trinajstić information content (AvgIpc) is 3.02. The lowest BCUT2D eigenvalue weighted by atomic mass is 9.97. The van der Waals surface area contributed by atoms with Crippen LogP contribution in [0.1, 0.15) is 62.8 Å². The fraction of sp³-hybridized carbons (Fsp3) is 0.306. The minimum Gasteiger partial charge on any atom is -0.505 e. The van der Waals surface area contributed by atoms with Gasteiger partial charge in [0.15, 0.2) is 23.1 Å². The van der Waals surface area contributed by atoms with E-state index < -0.39 is 40.9 Å². The molecule has 1 atom stereocenters. The Kier molecular flexibility index (Phi) is 12.1. The van der Waals surface area contributed by atoms with Gasteiger partial charge in [-0.2, -0.15) is 8.78 Å². The first-order valence-electron chi connectivity index (χ1n) is 14.6. The summed E-state index contributed by atoms with van der Waals surface area (Å²) in [6.07, 6.45) is 2.15. The van der Waals surface area contributed by atoms with Crippen molar-refractivity contribution in [2.24, 2.45) is 0 Å². The van der Waals surface area contributed by atoms with E-state index in [1.807, 2.05) is 38.1 Å². The van der Waals surface area contributed by atoms with Crippen molar-refractivity contribution in [2.75, 3.05) is 0 Å². The zero-order valence-corrected chi connectivity index (χ0v) is 25.4. The number of aliphatic hydroxyl groups is 1. The van der Waals surface area contributed by atoms with Gasteiger partial charge in [0.25, 0.3) is 0 Å². The third-order valence-corrected chi connectivity index (χ3v) is 7.44. The summed E-state index contributed by atoms with van der Waals surface area (Å²) in [6.45, 7) is 7.06. The van der Waals surface area contributed by atoms with Crippen LogP contribution in [0.25, 0.3) is 22.3 Å². The van der Waals surface area contributed by atoms with Gasteiger partial charge in [-0.05, 0) is 91.5 Å². The molecule has 8 heteroatoms. The predicted octanol–water partition coefficient (Wildman–Crippen LogP) is 8.63. The predicted molar refractivity (Wildman–Crippen MR) is 165 cm³/mol. The molecule has 3 N–H and O–H groups in total. The smallest absolute Gasteiger partial charge is 0.201 e. The number of carbonyl (C=O) groups excluding carboxylic acids is 1. The summed E-state index contributed by atoms with van der Waals surface area (Å²) in [7, 11) is 0. The van der Waals surface area contributed by atoms with Crippen molar-refractivity contribution in [3.8, 4) is 33.8 Å². The third-order valence-electron chi connectivity index (χ3n) is 7.44. The number of Topliss-reactive ketones (excluding diaryl/α,β-unsaturated/α-hetero) is 1. The highest BCUT2D eigenvalue weighted by Crippen LogP contribution is 2.35. The molecule has 0 aliphatic heterocycles. The van der Waals surface area contributed by atoms with E-state index in [9.17, 15) is 37.7 Å². The molecule has 0 amide bonds. The number of ketones is 1. The molecule has 0 aliphatic rings. The van der Waals surface area contributed by atoms with E-state index in [2.05, 4.69) is 0 Å². The highest BCUT2D eigenvalue weighted by molar-refractivity contribution is 5.76. The van der Waals surface area contributed by atoms with Gasteiger partial charge >= 0.3 is 0 Å². The van der Waals surface area contributed by atoms with Crippen LogP contribution >= 0.6 is 0 Å². The molecule has 0 fully saturated rings. The summed E-state index contributed by atoms with van der Waals surface area (Å²) in [5.74, 6) is -6.10. The normalized spacial score (nSPS) is 11.6. The minimum atomic E-state index is -1.27. The fourth-order valence-corrected chi connectivity index (χ4v) is 4.65. The van der Waals surface area contributed by atoms with Gasteiger partial charge in [0.2, 0.25) is 11.6 Å². The Morgan fingerprint density at radius 3 is 1.41 bits per heavy atom. The first-order valence-corrected chi connectivity index (χ1v) is 14.6. The summed E-state index contributed by atoms with van der Waals surface area (Å²) in [6, 6.07) is 17.3. The van der Waals surface area contributed by atoms with Gasteiger partial charge in [0.1, 0.15) is 5.78 Å². The van der Waals surface area contributed by atoms with Gasteiger partial charge in [-0.15, -0.1) is 0 Å². The zero-order chi connectivity index (χ0) is 32.6. The van der Waals surface area contributed by atoms with Gasteiger partial charge < -0.3 is 20.1 Å². The maximum atomic E-state index is 14.1. The SMILES string of the molecule is CCc1ccc(-c2cc(CCC(C)=O)c(O)c(F)c2F)cc1.CCc1ccc(-c2cc(CCC(C)O)c(O)c(F)c2F)cc1. The molecule has 44 heavy (non-hydrogen) atoms. The molecule has 0 bridgehead atoms. The zero-order valence-electron chi connectivity index (χ0n) is 25.4. The molecule has 1 unspecified atom stereocenters. The number of phenolic OH excluding ortho intramolecular Hbond substituents is 2. The first kappa shape index (κ1) is 34.3. The van der Waals surface area contributed by atoms with Gasteiger partial charge in [0.05, 0.1) is 6.10 Å². The second-order valence-corrected chi connectivity index (χ2v) is 10.8. The topological polar surface area (TPSA) is 77.8 Å². The Bertz CT molecular complexity index is 1580. The minimum absolute atomic E-state index is 0.0713. The number of hydrogen-bond acceptors (Lipinski definition) is 4. The van der Waals surface area contributed by atoms with Gasteiger partial charge in [-0.1, -0.05) is 62.4 Å². The molecule has 0 saturated heterocycles. The molecular formula is C36H38F4O4. The van der Waals surface area contributed by atoms with Crippen LogP contribution in [-0.2, 0) is 30.5 Å². The molecule has 0 aliphatic carbocycles. The van der Waals surface area contributed by atoms with Crippen LogP contribution in [0.3, 0.4) is 0 Å². The van der Waals surface area contributed by atoms with Crippen LogP contribution < -0.4 is 0 Å². The number of rotatable bonds is 10. The van der Waals surface area contributed by atoms with Crippen molar-refractivity contribution in [2.45, 2.75) is 72.3 Å². The lowest BCUT2D eigenvalue weighted by Gasteiger charge is -2.12. The lowest BCUT2D eigenvalue weighted by molar-refractivity contribution is -0.116. The third kappa shape index (κ3) is 8.47. The van der Waals surface area contributed by atoms with Crippen molar-refractivity contribution in [1.29, 1.82) is 0 Å². The first-order chi connectivity index (χ1) is 20.9. The number of benzene rings is 4. The van der Waals surface area contributed by atoms with Gasteiger partial charge in [-0.25, -0.2) is 8.78 Å². The number of aryl methyl sites for hydroxylation is 4. The van der Waals surface area contributed by atoms with E-state index in [1.54, 1.807) is 31.2 Å². The van der Waals surface area contributed by atoms with Crippen LogP contribution in [0.4, 0.5) is 17.6 Å². The number of carbonyl (C=O) groups is 1. The number of halogens is 4. The largest absolute Gasteiger partial charge is 0.505 e. The van der Waals surface area contributed by atoms with Crippen molar-refractivity contribution in [3.05, 3.63) is 106 Å². The van der Waals surface area contributed by atoms with E-state index in [-0.39, 0.29) is 41.7 Å². The van der Waals surface area contributed by atoms with E-state index in [1.165, 1.54) is 19.1 Å². The second-order valence-electron chi connectivity index (χ2n) is 10.8. The maximum absolute atomic E-state index is 14.1. The monoisotopic (exact) mass is 610 g/mol. The quantitative estimate of drug-likeness (QED) is 0.157. The number of phenols is 2. The van der Waals surface area contributed by atoms with Crippen LogP contribution in [0.5, 0.6) is 11.5 Å². The highest BCUT2D eigenvalue weighted by atomic mass is 19.2. The number of aliphatic hydroxyl groups excluding tert-OH is 1. The summed E-state index contributed by atoms with van der Waals surface area (Å²) in [4.78, 5) is 11.1. The Morgan fingerprint density at radius 1 is 0.682 bits per heavy atom. The van der Waals surface area contributed by atoms with E-state index in [0.717, 1.165) is 24.0 Å². The Hall–Kier alpha value is -4.17. The fourth-order valence-electron chi connectivity index (χ4n) is 4.65. The summed E-state index contributed by atoms with van der Waals surface area (Å²) < 4.78 is 56.0. The molecule has 0 radical (unpaired) electrons. The molecule has 0 spiro atoms. The van der Waals surface area contributed by atoms with E-state index >= 15 is 0 Å². The lowest BCUT2D eigenvalue weighted by Crippen LogP contribution is -2.03. The van der Waals surface area contributed by atoms with E-state index in [0.29, 0.717) is 23.1 Å². The second kappa shape index (κ2) is 15.5. The molecule has 4 aromatic carbocycles. The van der Waals surface area contributed by atoms with Gasteiger partial charge in [0, 0.05) is 17.5 Å². The summed E-state index contributed by atoms with van der Waals surface area (Å²) in [5.41, 5.74) is 4.07. The average molecular weight is 611 g/mol. The molecular weight excluding hydrogens is 572 g/mol. The Balaban J connectivity index is 0.000000240. The Labute approximate surface area is 255 Å². The van der Waals surface area contributed by atoms with Crippen molar-refractivity contribution < 1.29 is 37.7 Å². The van der Waals surface area contributed by atoms with Crippen molar-refractivity contribution >= 4 is 5.78 Å². The molecule has 4 nitrogen and oxygen atoms in total. The molecule has 234 valence electrons. The molecule has 4 aromatic rings. The molecule has 0 heterocycles. The molecule has 4 rings (SSSR count). The van der Waals surface area contributed by atoms with Crippen molar-refractivity contribution in [1.82, 2.24) is 0 Å². The summed E-state index contributed by atoms with van der Waals surface area (Å²) >= 11 is 0. The number of aromatic hydroxyl groups is 2. The van der Waals surface area contributed by atoms with Crippen LogP contribution in [0.2, 0.25) is 0 Å². The van der Waals surface area contributed by atoms with Crippen LogP contribution in [-0.4, -0.2) is 27.2 Å². The molecule has 0 aromatic heterocycles. The van der Waals surface area contributed by atoms with Gasteiger partial charge in [-0.3, -0.25) is 0 Å². The Morgan fingerprint density at radius 2 is 1.07 bits per heavy atom. The number of hydrogen-bond donors (Lipinski definition) is 3. The van der Waals surface area contributed by atoms with Crippen LogP contribution in [0.15, 0.2) is 60.7 Å². The van der Waals surface area contributed by atoms with E-state index in [4.69, 9.17) is 0 Å². The highest BCUT2D eigenvalue weighted by Gasteiger charge is 2.20. The van der Waals surface area contributed by atoms with Crippen LogP contribution in [0, 0.1) is 23.3 Å². The molecule has 0 saturated carbocycles.